The number of fused-ring (bicyclic) bond motifs is 10. The fraction of sp³-hybridized carbons (Fsp3) is 0.121. The quantitative estimate of drug-likeness (QED) is 0.0954. The lowest BCUT2D eigenvalue weighted by molar-refractivity contribution is 0.444. The van der Waals surface area contributed by atoms with Crippen LogP contribution < -0.4 is 36.0 Å². The Balaban J connectivity index is 0.920. The number of hydrogen-bond donors (Lipinski definition) is 0. The van der Waals surface area contributed by atoms with Gasteiger partial charge in [0, 0.05) is 112 Å². The molecule has 17 aromatic carbocycles. The third-order valence-electron chi connectivity index (χ3n) is 25.7. The molecular weight excluding hydrogens is 1490 g/mol. The van der Waals surface area contributed by atoms with E-state index in [0.29, 0.717) is 22.3 Å². The summed E-state index contributed by atoms with van der Waals surface area (Å²) in [5.41, 5.74) is 24.3. The molecule has 2 aliphatic heterocycles. The van der Waals surface area contributed by atoms with Gasteiger partial charge in [-0.3, -0.25) is 0 Å². The van der Waals surface area contributed by atoms with Crippen molar-refractivity contribution in [1.29, 1.82) is 0 Å². The summed E-state index contributed by atoms with van der Waals surface area (Å²) in [5.74, 6) is 0.0484. The minimum Gasteiger partial charge on any atom is -0.310 e. The molecule has 19 aromatic rings. The molecule has 0 amide bonds. The maximum atomic E-state index is 12.1. The number of rotatable bonds is 15. The van der Waals surface area contributed by atoms with Gasteiger partial charge in [0.1, 0.15) is 0 Å². The fourth-order valence-electron chi connectivity index (χ4n) is 19.8. The van der Waals surface area contributed by atoms with Crippen LogP contribution in [-0.4, -0.2) is 15.8 Å². The van der Waals surface area contributed by atoms with Crippen molar-refractivity contribution in [2.45, 2.75) is 90.4 Å². The Hall–Kier alpha value is -14.4. The highest BCUT2D eigenvalue weighted by molar-refractivity contribution is 7.00. The smallest absolute Gasteiger partial charge is 0.252 e. The molecule has 2 aromatic heterocycles. The molecule has 0 radical (unpaired) electrons. The average Bonchev–Trinajstić information content (AvgIpc) is 1.33. The number of para-hydroxylation sites is 6. The summed E-state index contributed by atoms with van der Waals surface area (Å²) < 4.78 is 74.8. The second-order valence-corrected chi connectivity index (χ2v) is 35.3. The SMILES string of the molecule is [2H]c1c([2H])c(-n2c3ccccc3c3cc(N(c4ccccc4)c4ccccc4)ccc32)c([2H])c2c1B1c3c(cc(C4CCCCC4)cc3N(c3c(-c4ccccc4)cc(C(C)(C)C)cc3-c3ccccc3)c3c([2H])c(-n4c5ccccc5c5cc(N(c6ccccc6)c6ccccc6)ccc54)c([2H])c([2H])c31)N2c1c(-c2ccccc2)cc(C(C)(C)C)cc1-c1ccccc1. The van der Waals surface area contributed by atoms with Crippen LogP contribution in [0.15, 0.2) is 400 Å². The average molecular weight is 1590 g/mol. The van der Waals surface area contributed by atoms with Crippen LogP contribution in [0.2, 0.25) is 0 Å². The van der Waals surface area contributed by atoms with Gasteiger partial charge >= 0.3 is 0 Å². The first-order valence-corrected chi connectivity index (χ1v) is 43.4. The Morgan fingerprint density at radius 1 is 0.301 bits per heavy atom. The molecule has 0 N–H and O–H groups in total. The van der Waals surface area contributed by atoms with E-state index in [4.69, 9.17) is 0 Å². The van der Waals surface area contributed by atoms with Gasteiger partial charge in [0.2, 0.25) is 0 Å². The lowest BCUT2D eigenvalue weighted by Gasteiger charge is -2.46. The van der Waals surface area contributed by atoms with E-state index in [1.807, 2.05) is 36.4 Å². The lowest BCUT2D eigenvalue weighted by Crippen LogP contribution is -2.61. The molecular formula is C116H95BN6. The number of hydrogen-bond acceptors (Lipinski definition) is 4. The molecule has 0 atom stereocenters. The zero-order valence-corrected chi connectivity index (χ0v) is 70.0. The van der Waals surface area contributed by atoms with E-state index < -0.39 is 6.71 Å². The summed E-state index contributed by atoms with van der Waals surface area (Å²) in [6.07, 6.45) is 4.97. The van der Waals surface area contributed by atoms with Crippen LogP contribution in [0.3, 0.4) is 0 Å². The van der Waals surface area contributed by atoms with Gasteiger partial charge in [-0.2, -0.15) is 0 Å². The highest BCUT2D eigenvalue weighted by Gasteiger charge is 2.47. The van der Waals surface area contributed by atoms with Gasteiger partial charge in [0.05, 0.1) is 41.7 Å². The molecule has 6 nitrogen and oxygen atoms in total. The van der Waals surface area contributed by atoms with Gasteiger partial charge in [0.25, 0.3) is 6.71 Å². The molecule has 592 valence electrons. The van der Waals surface area contributed by atoms with Crippen molar-refractivity contribution in [3.05, 3.63) is 417 Å². The minimum atomic E-state index is -1.16. The highest BCUT2D eigenvalue weighted by atomic mass is 15.2. The van der Waals surface area contributed by atoms with E-state index in [-0.39, 0.29) is 64.4 Å². The van der Waals surface area contributed by atoms with Crippen LogP contribution in [-0.2, 0) is 10.8 Å². The van der Waals surface area contributed by atoms with Gasteiger partial charge in [-0.05, 0) is 243 Å². The van der Waals surface area contributed by atoms with Gasteiger partial charge in [-0.1, -0.05) is 303 Å². The van der Waals surface area contributed by atoms with Gasteiger partial charge in [-0.25, -0.2) is 0 Å². The Morgan fingerprint density at radius 2 is 0.610 bits per heavy atom. The maximum absolute atomic E-state index is 12.1. The Kier molecular flexibility index (Phi) is 16.9. The summed E-state index contributed by atoms with van der Waals surface area (Å²) >= 11 is 0. The van der Waals surface area contributed by atoms with Crippen LogP contribution >= 0.6 is 0 Å². The predicted molar refractivity (Wildman–Crippen MR) is 523 cm³/mol. The van der Waals surface area contributed by atoms with Gasteiger partial charge < -0.3 is 28.7 Å². The van der Waals surface area contributed by atoms with Crippen LogP contribution in [0.5, 0.6) is 0 Å². The standard InChI is InChI=1S/C116H95BN6/c1-115(2,3)84-70-96(79-40-18-8-19-41-79)113(97(71-84)80-42-20-9-21-43-80)122-108-76-92(120-104-58-36-34-56-94(104)100-74-90(62-66-106(100)120)118(86-48-26-12-27-49-86)87-50-28-13-29-51-87)60-64-102(108)117-103-65-61-93(121-105-59-37-35-57-95(105)101-75-91(63-67-107(101)121)119(88-52-30-14-31-53-88)89-54-32-15-33-55-89)77-109(103)123(111-69-83(68-110(122)112(111)117)78-38-16-7-17-39-78)114-98(81-44-22-10-23-45-81)72-85(116(4,5)6)73-99(114)82-46-24-11-25-47-82/h8-15,18-37,40-78H,7,16-17,38-39H2,1-6H3/i60D,61D,64D,65D,76D,77D. The van der Waals surface area contributed by atoms with E-state index in [1.54, 1.807) is 0 Å². The molecule has 22 rings (SSSR count). The summed E-state index contributed by atoms with van der Waals surface area (Å²) in [6.45, 7) is 12.4. The molecule has 0 saturated heterocycles. The molecule has 0 spiro atoms. The predicted octanol–water partition coefficient (Wildman–Crippen LogP) is 30.2. The largest absolute Gasteiger partial charge is 0.310 e. The maximum Gasteiger partial charge on any atom is 0.252 e. The van der Waals surface area contributed by atoms with Crippen LogP contribution in [0.25, 0.3) is 99.5 Å². The molecule has 0 unspecified atom stereocenters. The first-order valence-electron chi connectivity index (χ1n) is 46.4. The first-order chi connectivity index (χ1) is 62.9. The van der Waals surface area contributed by atoms with E-state index in [0.717, 1.165) is 199 Å². The number of aromatic nitrogens is 2. The van der Waals surface area contributed by atoms with Crippen molar-refractivity contribution < 1.29 is 8.22 Å². The zero-order valence-electron chi connectivity index (χ0n) is 76.0. The van der Waals surface area contributed by atoms with E-state index in [1.165, 1.54) is 0 Å². The molecule has 3 aliphatic rings. The second kappa shape index (κ2) is 30.4. The minimum absolute atomic E-state index is 0.00341. The van der Waals surface area contributed by atoms with Crippen molar-refractivity contribution in [2.24, 2.45) is 0 Å². The number of anilines is 12. The van der Waals surface area contributed by atoms with Gasteiger partial charge in [-0.15, -0.1) is 0 Å². The summed E-state index contributed by atoms with van der Waals surface area (Å²) in [7, 11) is 0. The zero-order chi connectivity index (χ0) is 87.8. The highest BCUT2D eigenvalue weighted by Crippen LogP contribution is 2.57. The summed E-state index contributed by atoms with van der Waals surface area (Å²) in [5, 5.41) is 3.61. The van der Waals surface area contributed by atoms with Crippen LogP contribution in [0.1, 0.15) is 104 Å². The van der Waals surface area contributed by atoms with E-state index in [2.05, 4.69) is 398 Å². The topological polar surface area (TPSA) is 22.8 Å². The van der Waals surface area contributed by atoms with Crippen molar-refractivity contribution in [3.8, 4) is 55.9 Å². The Morgan fingerprint density at radius 3 is 0.943 bits per heavy atom. The Bertz CT molecular complexity index is 6980. The summed E-state index contributed by atoms with van der Waals surface area (Å²) in [4.78, 5) is 9.20. The normalized spacial score (nSPS) is 14.0. The third kappa shape index (κ3) is 13.0. The van der Waals surface area contributed by atoms with Crippen LogP contribution in [0.4, 0.5) is 68.2 Å². The summed E-state index contributed by atoms with van der Waals surface area (Å²) in [6, 6.07) is 127. The number of nitrogens with zero attached hydrogens (tertiary/aromatic N) is 6. The fourth-order valence-corrected chi connectivity index (χ4v) is 19.8. The molecule has 123 heavy (non-hydrogen) atoms. The molecule has 0 bridgehead atoms. The monoisotopic (exact) mass is 1590 g/mol. The van der Waals surface area contributed by atoms with Gasteiger partial charge in [0.15, 0.2) is 0 Å². The molecule has 7 heteroatoms. The molecule has 1 saturated carbocycles. The van der Waals surface area contributed by atoms with E-state index in [9.17, 15) is 8.22 Å². The van der Waals surface area contributed by atoms with Crippen molar-refractivity contribution in [3.63, 3.8) is 0 Å². The second-order valence-electron chi connectivity index (χ2n) is 35.3. The molecule has 1 fully saturated rings. The Labute approximate surface area is 730 Å². The third-order valence-corrected chi connectivity index (χ3v) is 25.7. The van der Waals surface area contributed by atoms with Crippen molar-refractivity contribution in [2.75, 3.05) is 19.6 Å². The molecule has 1 aliphatic carbocycles. The van der Waals surface area contributed by atoms with Crippen molar-refractivity contribution in [1.82, 2.24) is 9.13 Å². The first kappa shape index (κ1) is 68.4. The van der Waals surface area contributed by atoms with Crippen molar-refractivity contribution >= 4 is 135 Å². The number of benzene rings is 17. The molecule has 4 heterocycles. The lowest BCUT2D eigenvalue weighted by atomic mass is 9.33. The van der Waals surface area contributed by atoms with E-state index >= 15 is 0 Å². The van der Waals surface area contributed by atoms with Crippen LogP contribution in [0, 0.1) is 0 Å².